The van der Waals surface area contributed by atoms with Crippen LogP contribution in [0.3, 0.4) is 0 Å². The first-order chi connectivity index (χ1) is 11.5. The highest BCUT2D eigenvalue weighted by Gasteiger charge is 2.15. The summed E-state index contributed by atoms with van der Waals surface area (Å²) in [4.78, 5) is 11.5. The Morgan fingerprint density at radius 2 is 1.83 bits per heavy atom. The number of aromatic hydroxyl groups is 1. The van der Waals surface area contributed by atoms with Gasteiger partial charge in [-0.15, -0.1) is 0 Å². The van der Waals surface area contributed by atoms with Gasteiger partial charge in [0.1, 0.15) is 42.1 Å². The molecule has 0 heterocycles. The molecule has 24 heavy (non-hydrogen) atoms. The number of ketones is 1. The van der Waals surface area contributed by atoms with Crippen LogP contribution in [0, 0.1) is 11.3 Å². The molecule has 1 atom stereocenters. The number of carbonyl (C=O) groups excluding carboxylic acids is 1. The maximum Gasteiger partial charge on any atom is 0.167 e. The van der Waals surface area contributed by atoms with Crippen molar-refractivity contribution in [3.8, 4) is 23.3 Å². The molecule has 0 bridgehead atoms. The monoisotopic (exact) mass is 327 g/mol. The van der Waals surface area contributed by atoms with Crippen molar-refractivity contribution in [3.63, 3.8) is 0 Å². The van der Waals surface area contributed by atoms with E-state index in [4.69, 9.17) is 14.7 Å². The van der Waals surface area contributed by atoms with Gasteiger partial charge in [0.2, 0.25) is 0 Å². The fourth-order valence-corrected chi connectivity index (χ4v) is 2.05. The van der Waals surface area contributed by atoms with Gasteiger partial charge in [0, 0.05) is 0 Å². The van der Waals surface area contributed by atoms with Gasteiger partial charge in [-0.3, -0.25) is 4.79 Å². The van der Waals surface area contributed by atoms with E-state index in [9.17, 15) is 15.0 Å². The van der Waals surface area contributed by atoms with E-state index in [1.165, 1.54) is 13.0 Å². The van der Waals surface area contributed by atoms with Crippen molar-refractivity contribution >= 4 is 5.78 Å². The van der Waals surface area contributed by atoms with Crippen molar-refractivity contribution in [3.05, 3.63) is 53.6 Å². The van der Waals surface area contributed by atoms with Crippen LogP contribution in [-0.4, -0.2) is 35.3 Å². The molecule has 0 aliphatic heterocycles. The van der Waals surface area contributed by atoms with E-state index >= 15 is 0 Å². The van der Waals surface area contributed by atoms with Crippen molar-refractivity contribution in [1.29, 1.82) is 5.26 Å². The van der Waals surface area contributed by atoms with Crippen LogP contribution in [-0.2, 0) is 0 Å². The number of nitrogens with zero attached hydrogens (tertiary/aromatic N) is 1. The molecule has 6 nitrogen and oxygen atoms in total. The second-order valence-corrected chi connectivity index (χ2v) is 5.12. The van der Waals surface area contributed by atoms with Crippen molar-refractivity contribution in [2.75, 3.05) is 13.2 Å². The summed E-state index contributed by atoms with van der Waals surface area (Å²) in [5.74, 6) is 0.240. The third kappa shape index (κ3) is 4.48. The van der Waals surface area contributed by atoms with Crippen LogP contribution >= 0.6 is 0 Å². The lowest BCUT2D eigenvalue weighted by molar-refractivity contribution is 0.0619. The average molecular weight is 327 g/mol. The van der Waals surface area contributed by atoms with Gasteiger partial charge < -0.3 is 19.7 Å². The Balaban J connectivity index is 1.89. The molecular weight excluding hydrogens is 310 g/mol. The number of aliphatic hydroxyl groups excluding tert-OH is 1. The molecular formula is C18H17NO5. The second kappa shape index (κ2) is 7.99. The van der Waals surface area contributed by atoms with E-state index < -0.39 is 6.10 Å². The lowest BCUT2D eigenvalue weighted by atomic mass is 10.1. The minimum absolute atomic E-state index is 0.0138. The van der Waals surface area contributed by atoms with Gasteiger partial charge in [-0.05, 0) is 43.3 Å². The number of phenols is 1. The Morgan fingerprint density at radius 1 is 1.17 bits per heavy atom. The van der Waals surface area contributed by atoms with Gasteiger partial charge in [-0.25, -0.2) is 0 Å². The molecule has 0 saturated heterocycles. The van der Waals surface area contributed by atoms with Crippen molar-refractivity contribution in [2.45, 2.75) is 13.0 Å². The minimum Gasteiger partial charge on any atom is -0.507 e. The second-order valence-electron chi connectivity index (χ2n) is 5.12. The first-order valence-corrected chi connectivity index (χ1v) is 7.28. The van der Waals surface area contributed by atoms with Gasteiger partial charge in [0.15, 0.2) is 5.78 Å². The van der Waals surface area contributed by atoms with Crippen molar-refractivity contribution < 1.29 is 24.5 Å². The summed E-state index contributed by atoms with van der Waals surface area (Å²) in [5.41, 5.74) is 0.601. The van der Waals surface area contributed by atoms with Gasteiger partial charge in [-0.1, -0.05) is 6.07 Å². The zero-order valence-corrected chi connectivity index (χ0v) is 13.1. The van der Waals surface area contributed by atoms with E-state index in [-0.39, 0.29) is 36.1 Å². The van der Waals surface area contributed by atoms with Gasteiger partial charge in [0.05, 0.1) is 11.6 Å². The maximum absolute atomic E-state index is 11.5. The predicted molar refractivity (Wildman–Crippen MR) is 86.3 cm³/mol. The lowest BCUT2D eigenvalue weighted by Gasteiger charge is -2.15. The topological polar surface area (TPSA) is 99.8 Å². The molecule has 6 heteroatoms. The highest BCUT2D eigenvalue weighted by Crippen LogP contribution is 2.27. The molecule has 124 valence electrons. The van der Waals surface area contributed by atoms with Crippen molar-refractivity contribution in [2.24, 2.45) is 0 Å². The Kier molecular flexibility index (Phi) is 5.77. The van der Waals surface area contributed by atoms with Crippen LogP contribution in [0.4, 0.5) is 0 Å². The molecule has 0 aliphatic carbocycles. The van der Waals surface area contributed by atoms with E-state index in [0.29, 0.717) is 11.3 Å². The molecule has 1 unspecified atom stereocenters. The number of aliphatic hydroxyl groups is 1. The number of hydrogen-bond donors (Lipinski definition) is 2. The third-order valence-corrected chi connectivity index (χ3v) is 3.21. The zero-order chi connectivity index (χ0) is 17.5. The summed E-state index contributed by atoms with van der Waals surface area (Å²) in [6.45, 7) is 1.21. The van der Waals surface area contributed by atoms with Crippen molar-refractivity contribution in [1.82, 2.24) is 0 Å². The van der Waals surface area contributed by atoms with Crippen LogP contribution in [0.25, 0.3) is 0 Å². The van der Waals surface area contributed by atoms with Crippen LogP contribution in [0.1, 0.15) is 22.8 Å². The van der Waals surface area contributed by atoms with Crippen LogP contribution in [0.15, 0.2) is 42.5 Å². The molecule has 0 spiro atoms. The Bertz CT molecular complexity index is 749. The molecule has 0 radical (unpaired) electrons. The molecule has 2 N–H and O–H groups in total. The molecule has 2 rings (SSSR count). The Morgan fingerprint density at radius 3 is 2.46 bits per heavy atom. The number of carbonyl (C=O) groups is 1. The molecule has 2 aromatic rings. The smallest absolute Gasteiger partial charge is 0.167 e. The quantitative estimate of drug-likeness (QED) is 0.757. The number of rotatable bonds is 7. The number of Topliss-reactive ketones (excluding diaryl/α,β-unsaturated/α-hetero) is 1. The van der Waals surface area contributed by atoms with Crippen LogP contribution < -0.4 is 9.47 Å². The summed E-state index contributed by atoms with van der Waals surface area (Å²) in [6.07, 6.45) is -0.928. The van der Waals surface area contributed by atoms with Gasteiger partial charge in [-0.2, -0.15) is 5.26 Å². The standard InChI is InChI=1S/C18H17NO5/c1-12(20)18-16(22)3-2-4-17(18)24-11-14(21)10-23-15-7-5-13(9-19)6-8-15/h2-8,14,21-22H,10-11H2,1H3. The maximum atomic E-state index is 11.5. The highest BCUT2D eigenvalue weighted by atomic mass is 16.5. The molecule has 0 amide bonds. The minimum atomic E-state index is -0.928. The first-order valence-electron chi connectivity index (χ1n) is 7.28. The SMILES string of the molecule is CC(=O)c1c(O)cccc1OCC(O)COc1ccc(C#N)cc1. The third-order valence-electron chi connectivity index (χ3n) is 3.21. The summed E-state index contributed by atoms with van der Waals surface area (Å²) in [7, 11) is 0. The molecule has 0 aliphatic rings. The summed E-state index contributed by atoms with van der Waals surface area (Å²) in [6, 6.07) is 13.0. The van der Waals surface area contributed by atoms with Crippen LogP contribution in [0.2, 0.25) is 0 Å². The lowest BCUT2D eigenvalue weighted by Crippen LogP contribution is -2.25. The molecule has 0 fully saturated rings. The fourth-order valence-electron chi connectivity index (χ4n) is 2.05. The Labute approximate surface area is 139 Å². The average Bonchev–Trinajstić information content (AvgIpc) is 2.58. The molecule has 0 aromatic heterocycles. The van der Waals surface area contributed by atoms with Gasteiger partial charge in [0.25, 0.3) is 0 Å². The largest absolute Gasteiger partial charge is 0.507 e. The summed E-state index contributed by atoms with van der Waals surface area (Å²) in [5, 5.41) is 28.3. The fraction of sp³-hybridized carbons (Fsp3) is 0.222. The number of phenolic OH excluding ortho intramolecular Hbond substituents is 1. The van der Waals surface area contributed by atoms with E-state index in [0.717, 1.165) is 0 Å². The van der Waals surface area contributed by atoms with Gasteiger partial charge >= 0.3 is 0 Å². The number of nitriles is 1. The van der Waals surface area contributed by atoms with Crippen LogP contribution in [0.5, 0.6) is 17.2 Å². The molecule has 2 aromatic carbocycles. The highest BCUT2D eigenvalue weighted by molar-refractivity contribution is 5.99. The normalized spacial score (nSPS) is 11.4. The zero-order valence-electron chi connectivity index (χ0n) is 13.1. The van der Waals surface area contributed by atoms with E-state index in [1.807, 2.05) is 6.07 Å². The molecule has 0 saturated carbocycles. The first kappa shape index (κ1) is 17.3. The number of hydrogen-bond acceptors (Lipinski definition) is 6. The van der Waals surface area contributed by atoms with E-state index in [2.05, 4.69) is 0 Å². The number of ether oxygens (including phenoxy) is 2. The Hall–Kier alpha value is -3.04. The van der Waals surface area contributed by atoms with E-state index in [1.54, 1.807) is 36.4 Å². The number of benzene rings is 2. The summed E-state index contributed by atoms with van der Waals surface area (Å²) >= 11 is 0. The summed E-state index contributed by atoms with van der Waals surface area (Å²) < 4.78 is 10.8. The predicted octanol–water partition coefficient (Wildman–Crippen LogP) is 2.29.